The zero-order chi connectivity index (χ0) is 19.8. The minimum atomic E-state index is -3.66. The fraction of sp³-hybridized carbons (Fsp3) is 0.625. The Balaban J connectivity index is 1.89. The highest BCUT2D eigenvalue weighted by Crippen LogP contribution is 2.26. The van der Waals surface area contributed by atoms with E-state index in [0.717, 1.165) is 16.3 Å². The minimum Gasteiger partial charge on any atom is -0.339 e. The molecule has 0 unspecified atom stereocenters. The summed E-state index contributed by atoms with van der Waals surface area (Å²) in [6, 6.07) is 1.00. The molecule has 1 fully saturated rings. The van der Waals surface area contributed by atoms with Crippen molar-refractivity contribution in [2.24, 2.45) is 7.05 Å². The average molecular weight is 396 g/mol. The van der Waals surface area contributed by atoms with Gasteiger partial charge in [-0.1, -0.05) is 12.1 Å². The van der Waals surface area contributed by atoms with Gasteiger partial charge in [0, 0.05) is 26.1 Å². The van der Waals surface area contributed by atoms with Gasteiger partial charge in [0.2, 0.25) is 21.8 Å². The summed E-state index contributed by atoms with van der Waals surface area (Å²) in [6.07, 6.45) is 2.77. The van der Waals surface area contributed by atoms with Crippen LogP contribution in [0.1, 0.15) is 37.2 Å². The first kappa shape index (κ1) is 19.5. The number of aromatic nitrogens is 4. The third-order valence-electron chi connectivity index (χ3n) is 4.55. The molecule has 11 heteroatoms. The number of aryl methyl sites for hydroxylation is 3. The van der Waals surface area contributed by atoms with E-state index in [2.05, 4.69) is 15.2 Å². The summed E-state index contributed by atoms with van der Waals surface area (Å²) in [5.41, 5.74) is 0.793. The quantitative estimate of drug-likeness (QED) is 0.703. The lowest BCUT2D eigenvalue weighted by molar-refractivity contribution is -0.123. The van der Waals surface area contributed by atoms with Crippen molar-refractivity contribution < 1.29 is 17.7 Å². The number of amides is 1. The van der Waals surface area contributed by atoms with Crippen LogP contribution in [0, 0.1) is 6.92 Å². The Bertz CT molecular complexity index is 935. The minimum absolute atomic E-state index is 0.100. The van der Waals surface area contributed by atoms with Crippen LogP contribution < -0.4 is 4.90 Å². The predicted octanol–water partition coefficient (Wildman–Crippen LogP) is 0.631. The summed E-state index contributed by atoms with van der Waals surface area (Å²) in [5, 5.41) is 8.10. The highest BCUT2D eigenvalue weighted by Gasteiger charge is 2.39. The molecular formula is C16H24N6O4S. The molecule has 0 aromatic carbocycles. The van der Waals surface area contributed by atoms with Crippen LogP contribution in [0.2, 0.25) is 0 Å². The lowest BCUT2D eigenvalue weighted by Crippen LogP contribution is -2.54. The molecule has 2 aromatic heterocycles. The highest BCUT2D eigenvalue weighted by molar-refractivity contribution is 7.88. The Morgan fingerprint density at radius 1 is 1.41 bits per heavy atom. The van der Waals surface area contributed by atoms with Crippen LogP contribution in [0.4, 0.5) is 5.82 Å². The third kappa shape index (κ3) is 4.03. The molecule has 0 N–H and O–H groups in total. The summed E-state index contributed by atoms with van der Waals surface area (Å²) in [4.78, 5) is 18.9. The Morgan fingerprint density at radius 3 is 2.70 bits per heavy atom. The smallest absolute Gasteiger partial charge is 0.246 e. The second kappa shape index (κ2) is 7.39. The summed E-state index contributed by atoms with van der Waals surface area (Å²) in [7, 11) is -1.90. The number of anilines is 1. The lowest BCUT2D eigenvalue weighted by atomic mass is 10.0. The van der Waals surface area contributed by atoms with Crippen LogP contribution >= 0.6 is 0 Å². The second-order valence-electron chi connectivity index (χ2n) is 6.68. The molecule has 0 radical (unpaired) electrons. The van der Waals surface area contributed by atoms with Crippen LogP contribution in [-0.2, 0) is 34.8 Å². The van der Waals surface area contributed by atoms with Crippen LogP contribution in [0.3, 0.4) is 0 Å². The van der Waals surface area contributed by atoms with E-state index in [-0.39, 0.29) is 18.3 Å². The Kier molecular flexibility index (Phi) is 5.33. The van der Waals surface area contributed by atoms with Gasteiger partial charge in [0.25, 0.3) is 0 Å². The van der Waals surface area contributed by atoms with Gasteiger partial charge in [0.05, 0.1) is 18.5 Å². The molecule has 0 spiro atoms. The maximum absolute atomic E-state index is 13.1. The fourth-order valence-electron chi connectivity index (χ4n) is 3.30. The fourth-order valence-corrected chi connectivity index (χ4v) is 4.30. The number of carbonyl (C=O) groups excluding carboxylic acids is 1. The molecule has 3 rings (SSSR count). The molecule has 10 nitrogen and oxygen atoms in total. The molecule has 0 saturated carbocycles. The van der Waals surface area contributed by atoms with Crippen molar-refractivity contribution in [1.82, 2.24) is 24.2 Å². The number of rotatable bonds is 6. The first-order chi connectivity index (χ1) is 12.7. The molecule has 0 aliphatic carbocycles. The SMILES string of the molecule is CCc1nc(CN([C@H]2CCCN(c3cc(C)nn3C)C2=O)S(C)(=O)=O)no1. The van der Waals surface area contributed by atoms with Crippen LogP contribution in [0.15, 0.2) is 10.6 Å². The Morgan fingerprint density at radius 2 is 2.15 bits per heavy atom. The van der Waals surface area contributed by atoms with Crippen molar-refractivity contribution in [1.29, 1.82) is 0 Å². The van der Waals surface area contributed by atoms with Crippen molar-refractivity contribution >= 4 is 21.7 Å². The van der Waals surface area contributed by atoms with E-state index < -0.39 is 16.1 Å². The number of hydrogen-bond donors (Lipinski definition) is 0. The molecular weight excluding hydrogens is 372 g/mol. The number of piperidine rings is 1. The normalized spacial score (nSPS) is 18.5. The number of nitrogens with zero attached hydrogens (tertiary/aromatic N) is 6. The summed E-state index contributed by atoms with van der Waals surface area (Å²) in [6.45, 7) is 4.13. The first-order valence-electron chi connectivity index (χ1n) is 8.81. The van der Waals surface area contributed by atoms with Gasteiger partial charge >= 0.3 is 0 Å². The number of carbonyl (C=O) groups is 1. The molecule has 1 amide bonds. The van der Waals surface area contributed by atoms with Crippen molar-refractivity contribution in [2.75, 3.05) is 17.7 Å². The standard InChI is InChI=1S/C16H24N6O4S/c1-5-14-17-13(19-26-14)10-22(27(4,24)25)12-7-6-8-21(16(12)23)15-9-11(2)18-20(15)3/h9,12H,5-8,10H2,1-4H3/t12-/m0/s1. The molecule has 0 bridgehead atoms. The summed E-state index contributed by atoms with van der Waals surface area (Å²) < 4.78 is 32.7. The van der Waals surface area contributed by atoms with Crippen molar-refractivity contribution in [2.45, 2.75) is 45.7 Å². The van der Waals surface area contributed by atoms with Crippen LogP contribution in [0.25, 0.3) is 0 Å². The highest BCUT2D eigenvalue weighted by atomic mass is 32.2. The lowest BCUT2D eigenvalue weighted by Gasteiger charge is -2.36. The van der Waals surface area contributed by atoms with Crippen molar-refractivity contribution in [3.05, 3.63) is 23.5 Å². The molecule has 1 atom stereocenters. The maximum Gasteiger partial charge on any atom is 0.246 e. The van der Waals surface area contributed by atoms with E-state index in [4.69, 9.17) is 4.52 Å². The van der Waals surface area contributed by atoms with Gasteiger partial charge in [-0.05, 0) is 19.8 Å². The molecule has 148 valence electrons. The van der Waals surface area contributed by atoms with Gasteiger partial charge in [-0.3, -0.25) is 14.4 Å². The van der Waals surface area contributed by atoms with Crippen LogP contribution in [-0.4, -0.2) is 57.4 Å². The zero-order valence-corrected chi connectivity index (χ0v) is 16.7. The van der Waals surface area contributed by atoms with E-state index in [1.54, 1.807) is 16.6 Å². The maximum atomic E-state index is 13.1. The van der Waals surface area contributed by atoms with E-state index >= 15 is 0 Å². The van der Waals surface area contributed by atoms with Crippen molar-refractivity contribution in [3.8, 4) is 0 Å². The van der Waals surface area contributed by atoms with E-state index in [0.29, 0.717) is 37.5 Å². The Labute approximate surface area is 158 Å². The summed E-state index contributed by atoms with van der Waals surface area (Å²) in [5.74, 6) is 1.07. The van der Waals surface area contributed by atoms with E-state index in [9.17, 15) is 13.2 Å². The Hall–Kier alpha value is -2.27. The molecule has 27 heavy (non-hydrogen) atoms. The molecule has 1 saturated heterocycles. The largest absolute Gasteiger partial charge is 0.339 e. The first-order valence-corrected chi connectivity index (χ1v) is 10.7. The van der Waals surface area contributed by atoms with Gasteiger partial charge in [0.1, 0.15) is 11.9 Å². The topological polar surface area (TPSA) is 114 Å². The van der Waals surface area contributed by atoms with Gasteiger partial charge < -0.3 is 4.52 Å². The summed E-state index contributed by atoms with van der Waals surface area (Å²) >= 11 is 0. The average Bonchev–Trinajstić information content (AvgIpc) is 3.18. The molecule has 1 aliphatic heterocycles. The van der Waals surface area contributed by atoms with Gasteiger partial charge in [0.15, 0.2) is 5.82 Å². The zero-order valence-electron chi connectivity index (χ0n) is 15.9. The predicted molar refractivity (Wildman–Crippen MR) is 97.4 cm³/mol. The van der Waals surface area contributed by atoms with Crippen LogP contribution in [0.5, 0.6) is 0 Å². The molecule has 2 aromatic rings. The molecule has 1 aliphatic rings. The number of hydrogen-bond acceptors (Lipinski definition) is 7. The monoisotopic (exact) mass is 396 g/mol. The number of sulfonamides is 1. The third-order valence-corrected chi connectivity index (χ3v) is 5.78. The second-order valence-corrected chi connectivity index (χ2v) is 8.62. The van der Waals surface area contributed by atoms with Gasteiger partial charge in [-0.2, -0.15) is 14.4 Å². The van der Waals surface area contributed by atoms with E-state index in [1.165, 1.54) is 0 Å². The molecule has 3 heterocycles. The van der Waals surface area contributed by atoms with Crippen molar-refractivity contribution in [3.63, 3.8) is 0 Å². The van der Waals surface area contributed by atoms with Gasteiger partial charge in [-0.25, -0.2) is 8.42 Å². The van der Waals surface area contributed by atoms with E-state index in [1.807, 2.05) is 19.9 Å². The van der Waals surface area contributed by atoms with Gasteiger partial charge in [-0.15, -0.1) is 0 Å².